The molecule has 0 N–H and O–H groups in total. The molecule has 0 saturated heterocycles. The fourth-order valence-corrected chi connectivity index (χ4v) is 2.36. The van der Waals surface area contributed by atoms with Crippen LogP contribution in [0.1, 0.15) is 18.2 Å². The van der Waals surface area contributed by atoms with Gasteiger partial charge in [0.25, 0.3) is 0 Å². The van der Waals surface area contributed by atoms with Crippen LogP contribution in [0.15, 0.2) is 36.5 Å². The normalized spacial score (nSPS) is 10.6. The first kappa shape index (κ1) is 14.9. The monoisotopic (exact) mass is 340 g/mol. The van der Waals surface area contributed by atoms with Crippen LogP contribution in [-0.2, 0) is 11.9 Å². The SMILES string of the molecule is CCN(Cc1ccccn1)c1c(F)cc(CBr)cc1F. The average Bonchev–Trinajstić information content (AvgIpc) is 2.46. The first-order valence-corrected chi connectivity index (χ1v) is 7.46. The van der Waals surface area contributed by atoms with E-state index < -0.39 is 11.6 Å². The number of rotatable bonds is 5. The van der Waals surface area contributed by atoms with Crippen molar-refractivity contribution < 1.29 is 8.78 Å². The van der Waals surface area contributed by atoms with Gasteiger partial charge in [-0.2, -0.15) is 0 Å². The first-order valence-electron chi connectivity index (χ1n) is 6.34. The first-order chi connectivity index (χ1) is 9.65. The molecule has 1 aromatic heterocycles. The molecule has 1 aromatic carbocycles. The summed E-state index contributed by atoms with van der Waals surface area (Å²) in [5.41, 5.74) is 1.36. The minimum atomic E-state index is -0.544. The van der Waals surface area contributed by atoms with Gasteiger partial charge in [-0.05, 0) is 36.8 Å². The predicted molar refractivity (Wildman–Crippen MR) is 80.0 cm³/mol. The molecule has 0 radical (unpaired) electrons. The number of nitrogens with zero attached hydrogens (tertiary/aromatic N) is 2. The van der Waals surface area contributed by atoms with Crippen LogP contribution in [0, 0.1) is 11.6 Å². The van der Waals surface area contributed by atoms with Crippen LogP contribution >= 0.6 is 15.9 Å². The number of halogens is 3. The minimum absolute atomic E-state index is 0.00264. The van der Waals surface area contributed by atoms with Crippen LogP contribution in [0.4, 0.5) is 14.5 Å². The van der Waals surface area contributed by atoms with Crippen LogP contribution in [0.3, 0.4) is 0 Å². The zero-order chi connectivity index (χ0) is 14.5. The van der Waals surface area contributed by atoms with E-state index in [1.54, 1.807) is 11.1 Å². The molecular weight excluding hydrogens is 326 g/mol. The van der Waals surface area contributed by atoms with Crippen molar-refractivity contribution in [1.82, 2.24) is 4.98 Å². The van der Waals surface area contributed by atoms with Gasteiger partial charge in [-0.25, -0.2) is 8.78 Å². The number of hydrogen-bond acceptors (Lipinski definition) is 2. The summed E-state index contributed by atoms with van der Waals surface area (Å²) in [5, 5.41) is 0.424. The number of pyridine rings is 1. The van der Waals surface area contributed by atoms with Gasteiger partial charge < -0.3 is 4.90 Å². The molecule has 0 bridgehead atoms. The number of anilines is 1. The molecule has 2 nitrogen and oxygen atoms in total. The minimum Gasteiger partial charge on any atom is -0.361 e. The molecular formula is C15H15BrF2N2. The number of alkyl halides is 1. The van der Waals surface area contributed by atoms with E-state index in [9.17, 15) is 8.78 Å². The quantitative estimate of drug-likeness (QED) is 0.755. The zero-order valence-electron chi connectivity index (χ0n) is 11.1. The van der Waals surface area contributed by atoms with Gasteiger partial charge in [0, 0.05) is 18.1 Å². The summed E-state index contributed by atoms with van der Waals surface area (Å²) in [6.45, 7) is 2.73. The molecule has 5 heteroatoms. The van der Waals surface area contributed by atoms with Crippen LogP contribution in [-0.4, -0.2) is 11.5 Å². The highest BCUT2D eigenvalue weighted by molar-refractivity contribution is 9.08. The van der Waals surface area contributed by atoms with Gasteiger partial charge >= 0.3 is 0 Å². The van der Waals surface area contributed by atoms with Gasteiger partial charge in [-0.1, -0.05) is 22.0 Å². The Hall–Kier alpha value is -1.49. The fourth-order valence-electron chi connectivity index (χ4n) is 2.03. The number of aromatic nitrogens is 1. The molecule has 0 fully saturated rings. The highest BCUT2D eigenvalue weighted by Gasteiger charge is 2.17. The summed E-state index contributed by atoms with van der Waals surface area (Å²) < 4.78 is 28.2. The van der Waals surface area contributed by atoms with Crippen molar-refractivity contribution in [1.29, 1.82) is 0 Å². The lowest BCUT2D eigenvalue weighted by Crippen LogP contribution is -2.25. The maximum atomic E-state index is 14.1. The number of hydrogen-bond donors (Lipinski definition) is 0. The van der Waals surface area contributed by atoms with E-state index in [0.29, 0.717) is 24.0 Å². The molecule has 0 atom stereocenters. The Labute approximate surface area is 125 Å². The van der Waals surface area contributed by atoms with Crippen molar-refractivity contribution in [2.45, 2.75) is 18.8 Å². The van der Waals surface area contributed by atoms with Crippen LogP contribution in [0.2, 0.25) is 0 Å². The van der Waals surface area contributed by atoms with Gasteiger partial charge in [0.1, 0.15) is 17.3 Å². The molecule has 1 heterocycles. The maximum Gasteiger partial charge on any atom is 0.149 e. The zero-order valence-corrected chi connectivity index (χ0v) is 12.7. The highest BCUT2D eigenvalue weighted by Crippen LogP contribution is 2.27. The van der Waals surface area contributed by atoms with E-state index in [-0.39, 0.29) is 5.69 Å². The van der Waals surface area contributed by atoms with E-state index >= 15 is 0 Å². The lowest BCUT2D eigenvalue weighted by atomic mass is 10.2. The molecule has 2 rings (SSSR count). The molecule has 0 saturated carbocycles. The summed E-state index contributed by atoms with van der Waals surface area (Å²) in [4.78, 5) is 5.83. The van der Waals surface area contributed by atoms with Crippen molar-refractivity contribution in [3.8, 4) is 0 Å². The second-order valence-electron chi connectivity index (χ2n) is 4.38. The van der Waals surface area contributed by atoms with Gasteiger partial charge in [-0.3, -0.25) is 4.98 Å². The van der Waals surface area contributed by atoms with Crippen LogP contribution in [0.25, 0.3) is 0 Å². The van der Waals surface area contributed by atoms with Gasteiger partial charge in [0.15, 0.2) is 0 Å². The van der Waals surface area contributed by atoms with Gasteiger partial charge in [0.2, 0.25) is 0 Å². The van der Waals surface area contributed by atoms with E-state index in [1.807, 2.05) is 25.1 Å². The van der Waals surface area contributed by atoms with E-state index in [0.717, 1.165) is 5.69 Å². The fraction of sp³-hybridized carbons (Fsp3) is 0.267. The maximum absolute atomic E-state index is 14.1. The molecule has 0 aliphatic heterocycles. The molecule has 0 aliphatic rings. The Kier molecular flexibility index (Phi) is 5.06. The standard InChI is InChI=1S/C15H15BrF2N2/c1-2-20(10-12-5-3-4-6-19-12)15-13(17)7-11(9-16)8-14(15)18/h3-8H,2,9-10H2,1H3. The molecule has 20 heavy (non-hydrogen) atoms. The van der Waals surface area contributed by atoms with Crippen molar-refractivity contribution in [2.75, 3.05) is 11.4 Å². The van der Waals surface area contributed by atoms with E-state index in [2.05, 4.69) is 20.9 Å². The number of benzene rings is 1. The molecule has 106 valence electrons. The second-order valence-corrected chi connectivity index (χ2v) is 4.94. The molecule has 0 unspecified atom stereocenters. The van der Waals surface area contributed by atoms with E-state index in [4.69, 9.17) is 0 Å². The van der Waals surface area contributed by atoms with Gasteiger partial charge in [0.05, 0.1) is 12.2 Å². The summed E-state index contributed by atoms with van der Waals surface area (Å²) in [5.74, 6) is -1.09. The summed E-state index contributed by atoms with van der Waals surface area (Å²) in [7, 11) is 0. The molecule has 0 amide bonds. The average molecular weight is 341 g/mol. The largest absolute Gasteiger partial charge is 0.361 e. The summed E-state index contributed by atoms with van der Waals surface area (Å²) >= 11 is 3.20. The lowest BCUT2D eigenvalue weighted by Gasteiger charge is -2.24. The Morgan fingerprint density at radius 1 is 1.20 bits per heavy atom. The summed E-state index contributed by atoms with van der Waals surface area (Å²) in [6.07, 6.45) is 1.67. The third kappa shape index (κ3) is 3.33. The lowest BCUT2D eigenvalue weighted by molar-refractivity contribution is 0.568. The molecule has 0 spiro atoms. The van der Waals surface area contributed by atoms with Crippen molar-refractivity contribution in [3.63, 3.8) is 0 Å². The van der Waals surface area contributed by atoms with Crippen LogP contribution < -0.4 is 4.90 Å². The van der Waals surface area contributed by atoms with Gasteiger partial charge in [-0.15, -0.1) is 0 Å². The van der Waals surface area contributed by atoms with Crippen molar-refractivity contribution in [3.05, 3.63) is 59.4 Å². The Morgan fingerprint density at radius 3 is 2.40 bits per heavy atom. The molecule has 2 aromatic rings. The van der Waals surface area contributed by atoms with E-state index in [1.165, 1.54) is 12.1 Å². The Morgan fingerprint density at radius 2 is 1.90 bits per heavy atom. The predicted octanol–water partition coefficient (Wildman–Crippen LogP) is 4.28. The smallest absolute Gasteiger partial charge is 0.149 e. The Bertz CT molecular complexity index is 552. The van der Waals surface area contributed by atoms with Crippen molar-refractivity contribution >= 4 is 21.6 Å². The topological polar surface area (TPSA) is 16.1 Å². The Balaban J connectivity index is 2.32. The van der Waals surface area contributed by atoms with Crippen molar-refractivity contribution in [2.24, 2.45) is 0 Å². The highest BCUT2D eigenvalue weighted by atomic mass is 79.9. The summed E-state index contributed by atoms with van der Waals surface area (Å²) in [6, 6.07) is 8.22. The third-order valence-corrected chi connectivity index (χ3v) is 3.66. The van der Waals surface area contributed by atoms with Crippen LogP contribution in [0.5, 0.6) is 0 Å². The third-order valence-electron chi connectivity index (χ3n) is 3.01. The molecule has 0 aliphatic carbocycles. The second kappa shape index (κ2) is 6.79.